The maximum atomic E-state index is 13.4. The first-order valence-corrected chi connectivity index (χ1v) is 7.80. The number of nitrogens with two attached hydrogens (primary N) is 1. The van der Waals surface area contributed by atoms with Crippen LogP contribution in [0.4, 0.5) is 15.8 Å². The van der Waals surface area contributed by atoms with Crippen LogP contribution in [0.1, 0.15) is 25.7 Å². The van der Waals surface area contributed by atoms with E-state index in [-0.39, 0.29) is 5.02 Å². The first kappa shape index (κ1) is 13.8. The number of nitrogens with one attached hydrogen (secondary N) is 1. The summed E-state index contributed by atoms with van der Waals surface area (Å²) in [5.74, 6) is -0.425. The number of halogens is 2. The van der Waals surface area contributed by atoms with Gasteiger partial charge in [0.25, 0.3) is 0 Å². The SMILES string of the molecule is CSC1CCCC(Nc2cc(F)c(Cl)cc2N)C1. The van der Waals surface area contributed by atoms with E-state index in [4.69, 9.17) is 17.3 Å². The summed E-state index contributed by atoms with van der Waals surface area (Å²) >= 11 is 7.59. The van der Waals surface area contributed by atoms with E-state index in [1.165, 1.54) is 25.0 Å². The van der Waals surface area contributed by atoms with Crippen LogP contribution in [0, 0.1) is 5.82 Å². The summed E-state index contributed by atoms with van der Waals surface area (Å²) < 4.78 is 13.4. The quantitative estimate of drug-likeness (QED) is 0.821. The van der Waals surface area contributed by atoms with Crippen LogP contribution < -0.4 is 11.1 Å². The lowest BCUT2D eigenvalue weighted by atomic mass is 9.94. The van der Waals surface area contributed by atoms with Gasteiger partial charge in [-0.2, -0.15) is 11.8 Å². The highest BCUT2D eigenvalue weighted by molar-refractivity contribution is 7.99. The summed E-state index contributed by atoms with van der Waals surface area (Å²) in [5, 5.41) is 4.11. The van der Waals surface area contributed by atoms with Gasteiger partial charge in [-0.15, -0.1) is 0 Å². The molecule has 0 radical (unpaired) electrons. The minimum atomic E-state index is -0.425. The lowest BCUT2D eigenvalue weighted by molar-refractivity contribution is 0.473. The summed E-state index contributed by atoms with van der Waals surface area (Å²) in [5.41, 5.74) is 7.02. The van der Waals surface area contributed by atoms with Crippen LogP contribution in [-0.2, 0) is 0 Å². The van der Waals surface area contributed by atoms with E-state index in [0.717, 1.165) is 12.8 Å². The molecule has 0 saturated heterocycles. The monoisotopic (exact) mass is 288 g/mol. The number of thioether (sulfide) groups is 1. The van der Waals surface area contributed by atoms with Gasteiger partial charge in [-0.3, -0.25) is 0 Å². The van der Waals surface area contributed by atoms with Gasteiger partial charge in [-0.25, -0.2) is 4.39 Å². The molecule has 1 aromatic carbocycles. The maximum Gasteiger partial charge on any atom is 0.143 e. The van der Waals surface area contributed by atoms with E-state index in [1.807, 2.05) is 11.8 Å². The van der Waals surface area contributed by atoms with Crippen molar-refractivity contribution in [2.45, 2.75) is 37.0 Å². The molecule has 0 aliphatic heterocycles. The topological polar surface area (TPSA) is 38.0 Å². The Morgan fingerprint density at radius 3 is 2.94 bits per heavy atom. The summed E-state index contributed by atoms with van der Waals surface area (Å²) in [7, 11) is 0. The second-order valence-corrected chi connectivity index (χ2v) is 6.26. The van der Waals surface area contributed by atoms with Crippen LogP contribution in [0.15, 0.2) is 12.1 Å². The van der Waals surface area contributed by atoms with Gasteiger partial charge < -0.3 is 11.1 Å². The zero-order valence-electron chi connectivity index (χ0n) is 10.4. The minimum absolute atomic E-state index is 0.0729. The second kappa shape index (κ2) is 6.02. The molecule has 0 amide bonds. The standard InChI is InChI=1S/C13H18ClFN2S/c1-18-9-4-2-3-8(5-9)17-13-7-11(15)10(14)6-12(13)16/h6-9,17H,2-5,16H2,1H3. The Morgan fingerprint density at radius 1 is 1.44 bits per heavy atom. The molecule has 0 bridgehead atoms. The van der Waals surface area contributed by atoms with E-state index in [0.29, 0.717) is 22.7 Å². The molecule has 0 aromatic heterocycles. The van der Waals surface area contributed by atoms with Crippen molar-refractivity contribution < 1.29 is 4.39 Å². The third-order valence-electron chi connectivity index (χ3n) is 3.41. The summed E-state index contributed by atoms with van der Waals surface area (Å²) in [6.45, 7) is 0. The number of hydrogen-bond donors (Lipinski definition) is 2. The van der Waals surface area contributed by atoms with Crippen molar-refractivity contribution in [1.82, 2.24) is 0 Å². The average molecular weight is 289 g/mol. The Balaban J connectivity index is 2.07. The number of nitrogen functional groups attached to an aromatic ring is 1. The molecule has 1 aromatic rings. The van der Waals surface area contributed by atoms with Crippen molar-refractivity contribution in [3.05, 3.63) is 23.0 Å². The molecule has 2 rings (SSSR count). The molecule has 2 unspecified atom stereocenters. The number of anilines is 2. The third-order valence-corrected chi connectivity index (χ3v) is 4.80. The molecule has 1 aliphatic rings. The summed E-state index contributed by atoms with van der Waals surface area (Å²) in [6, 6.07) is 3.23. The Labute approximate surface area is 116 Å². The second-order valence-electron chi connectivity index (χ2n) is 4.72. The van der Waals surface area contributed by atoms with Crippen molar-refractivity contribution in [3.8, 4) is 0 Å². The maximum absolute atomic E-state index is 13.4. The van der Waals surface area contributed by atoms with Crippen LogP contribution in [-0.4, -0.2) is 17.5 Å². The van der Waals surface area contributed by atoms with E-state index >= 15 is 0 Å². The summed E-state index contributed by atoms with van der Waals surface area (Å²) in [6.07, 6.45) is 6.83. The van der Waals surface area contributed by atoms with Gasteiger partial charge in [0.2, 0.25) is 0 Å². The Bertz CT molecular complexity index is 428. The first-order chi connectivity index (χ1) is 8.60. The molecule has 1 saturated carbocycles. The van der Waals surface area contributed by atoms with E-state index in [9.17, 15) is 4.39 Å². The third kappa shape index (κ3) is 3.23. The van der Waals surface area contributed by atoms with Crippen molar-refractivity contribution >= 4 is 34.7 Å². The van der Waals surface area contributed by atoms with E-state index in [1.54, 1.807) is 0 Å². The fourth-order valence-electron chi connectivity index (χ4n) is 2.40. The molecule has 0 spiro atoms. The van der Waals surface area contributed by atoms with Gasteiger partial charge in [-0.05, 0) is 31.6 Å². The van der Waals surface area contributed by atoms with Crippen LogP contribution in [0.3, 0.4) is 0 Å². The van der Waals surface area contributed by atoms with Crippen LogP contribution in [0.25, 0.3) is 0 Å². The molecular weight excluding hydrogens is 271 g/mol. The number of benzene rings is 1. The smallest absolute Gasteiger partial charge is 0.143 e. The van der Waals surface area contributed by atoms with Gasteiger partial charge in [0.05, 0.1) is 16.4 Å². The van der Waals surface area contributed by atoms with Crippen LogP contribution in [0.2, 0.25) is 5.02 Å². The first-order valence-electron chi connectivity index (χ1n) is 6.14. The van der Waals surface area contributed by atoms with Crippen molar-refractivity contribution in [1.29, 1.82) is 0 Å². The van der Waals surface area contributed by atoms with Crippen molar-refractivity contribution in [2.75, 3.05) is 17.3 Å². The van der Waals surface area contributed by atoms with Gasteiger partial charge in [-0.1, -0.05) is 18.0 Å². The predicted molar refractivity (Wildman–Crippen MR) is 79.0 cm³/mol. The fraction of sp³-hybridized carbons (Fsp3) is 0.538. The molecule has 100 valence electrons. The molecule has 5 heteroatoms. The minimum Gasteiger partial charge on any atom is -0.397 e. The Morgan fingerprint density at radius 2 is 2.22 bits per heavy atom. The fourth-order valence-corrected chi connectivity index (χ4v) is 3.40. The molecular formula is C13H18ClFN2S. The highest BCUT2D eigenvalue weighted by atomic mass is 35.5. The Kier molecular flexibility index (Phi) is 4.62. The zero-order valence-corrected chi connectivity index (χ0v) is 12.0. The zero-order chi connectivity index (χ0) is 13.1. The molecule has 0 heterocycles. The largest absolute Gasteiger partial charge is 0.397 e. The lowest BCUT2D eigenvalue weighted by Crippen LogP contribution is -2.28. The van der Waals surface area contributed by atoms with E-state index < -0.39 is 5.82 Å². The van der Waals surface area contributed by atoms with E-state index in [2.05, 4.69) is 11.6 Å². The number of rotatable bonds is 3. The highest BCUT2D eigenvalue weighted by Crippen LogP contribution is 2.32. The van der Waals surface area contributed by atoms with Crippen molar-refractivity contribution in [2.24, 2.45) is 0 Å². The van der Waals surface area contributed by atoms with Gasteiger partial charge in [0, 0.05) is 17.4 Å². The van der Waals surface area contributed by atoms with Gasteiger partial charge in [0.1, 0.15) is 5.82 Å². The summed E-state index contributed by atoms with van der Waals surface area (Å²) in [4.78, 5) is 0. The molecule has 1 fully saturated rings. The lowest BCUT2D eigenvalue weighted by Gasteiger charge is -2.29. The molecule has 18 heavy (non-hydrogen) atoms. The predicted octanol–water partition coefficient (Wildman–Crippen LogP) is 4.15. The average Bonchev–Trinajstić information content (AvgIpc) is 2.36. The molecule has 2 nitrogen and oxygen atoms in total. The molecule has 3 N–H and O–H groups in total. The Hall–Kier alpha value is -0.610. The normalized spacial score (nSPS) is 23.9. The molecule has 1 aliphatic carbocycles. The number of hydrogen-bond acceptors (Lipinski definition) is 3. The van der Waals surface area contributed by atoms with Crippen LogP contribution in [0.5, 0.6) is 0 Å². The molecule has 2 atom stereocenters. The van der Waals surface area contributed by atoms with Crippen LogP contribution >= 0.6 is 23.4 Å². The van der Waals surface area contributed by atoms with Crippen molar-refractivity contribution in [3.63, 3.8) is 0 Å². The van der Waals surface area contributed by atoms with Gasteiger partial charge >= 0.3 is 0 Å². The highest BCUT2D eigenvalue weighted by Gasteiger charge is 2.21. The van der Waals surface area contributed by atoms with Gasteiger partial charge in [0.15, 0.2) is 0 Å².